The minimum Gasteiger partial charge on any atom is -0.444 e. The van der Waals surface area contributed by atoms with Crippen LogP contribution in [0.25, 0.3) is 5.69 Å². The average Bonchev–Trinajstić information content (AvgIpc) is 3.59. The molecule has 3 atom stereocenters. The first-order valence-electron chi connectivity index (χ1n) is 16.9. The molecule has 0 aliphatic carbocycles. The van der Waals surface area contributed by atoms with Gasteiger partial charge in [0.2, 0.25) is 0 Å². The fraction of sp³-hybridized carbons (Fsp3) is 0.405. The van der Waals surface area contributed by atoms with Gasteiger partial charge in [-0.3, -0.25) is 9.36 Å². The van der Waals surface area contributed by atoms with Crippen molar-refractivity contribution in [1.29, 1.82) is 0 Å². The molecule has 2 aromatic carbocycles. The Labute approximate surface area is 320 Å². The quantitative estimate of drug-likeness (QED) is 0.163. The summed E-state index contributed by atoms with van der Waals surface area (Å²) in [7, 11) is 0. The molecule has 0 bridgehead atoms. The lowest BCUT2D eigenvalue weighted by Crippen LogP contribution is -2.48. The van der Waals surface area contributed by atoms with Gasteiger partial charge in [0.1, 0.15) is 11.2 Å². The van der Waals surface area contributed by atoms with Gasteiger partial charge in [-0.1, -0.05) is 30.3 Å². The number of rotatable bonds is 9. The monoisotopic (exact) mass is 842 g/mol. The Morgan fingerprint density at radius 1 is 1.00 bits per heavy atom. The van der Waals surface area contributed by atoms with Gasteiger partial charge in [0.15, 0.2) is 10.9 Å². The molecule has 0 saturated carbocycles. The first kappa shape index (κ1) is 38.9. The van der Waals surface area contributed by atoms with E-state index < -0.39 is 35.2 Å². The molecular formula is C37H43IN6O7S. The summed E-state index contributed by atoms with van der Waals surface area (Å²) in [5, 5.41) is 7.85. The van der Waals surface area contributed by atoms with Crippen LogP contribution in [-0.2, 0) is 14.2 Å². The van der Waals surface area contributed by atoms with Gasteiger partial charge in [0, 0.05) is 35.9 Å². The van der Waals surface area contributed by atoms with Gasteiger partial charge in [-0.2, -0.15) is 4.98 Å². The van der Waals surface area contributed by atoms with Crippen molar-refractivity contribution in [3.63, 3.8) is 0 Å². The van der Waals surface area contributed by atoms with Crippen molar-refractivity contribution in [1.82, 2.24) is 19.9 Å². The zero-order valence-electron chi connectivity index (χ0n) is 29.9. The highest BCUT2D eigenvalue weighted by Crippen LogP contribution is 2.38. The smallest absolute Gasteiger partial charge is 0.416 e. The Kier molecular flexibility index (Phi) is 12.4. The van der Waals surface area contributed by atoms with E-state index in [0.717, 1.165) is 5.56 Å². The van der Waals surface area contributed by atoms with E-state index in [-0.39, 0.29) is 23.9 Å². The largest absolute Gasteiger partial charge is 0.444 e. The first-order chi connectivity index (χ1) is 24.6. The number of benzene rings is 2. The molecule has 3 heterocycles. The molecule has 1 unspecified atom stereocenters. The van der Waals surface area contributed by atoms with E-state index in [2.05, 4.69) is 20.6 Å². The van der Waals surface area contributed by atoms with E-state index in [1.54, 1.807) is 74.5 Å². The molecule has 2 N–H and O–H groups in total. The normalized spacial score (nSPS) is 17.6. The molecule has 0 radical (unpaired) electrons. The number of nitrogens with one attached hydrogen (secondary N) is 2. The molecule has 3 amide bonds. The number of ether oxygens (including phenoxy) is 3. The lowest BCUT2D eigenvalue weighted by molar-refractivity contribution is -0.0626. The zero-order chi connectivity index (χ0) is 37.6. The van der Waals surface area contributed by atoms with E-state index >= 15 is 0 Å². The number of hydrogen-bond donors (Lipinski definition) is 2. The molecule has 52 heavy (non-hydrogen) atoms. The van der Waals surface area contributed by atoms with Crippen molar-refractivity contribution in [2.75, 3.05) is 16.8 Å². The van der Waals surface area contributed by atoms with Crippen LogP contribution >= 0.6 is 33.9 Å². The maximum absolute atomic E-state index is 13.7. The van der Waals surface area contributed by atoms with Gasteiger partial charge >= 0.3 is 17.9 Å². The van der Waals surface area contributed by atoms with Gasteiger partial charge in [0.25, 0.3) is 5.91 Å². The van der Waals surface area contributed by atoms with Crippen molar-refractivity contribution >= 4 is 63.0 Å². The minimum absolute atomic E-state index is 0.177. The topological polar surface area (TPSA) is 154 Å². The van der Waals surface area contributed by atoms with Crippen LogP contribution in [0.4, 0.5) is 20.5 Å². The highest BCUT2D eigenvalue weighted by atomic mass is 127. The Balaban J connectivity index is 1.37. The van der Waals surface area contributed by atoms with Crippen molar-refractivity contribution in [2.45, 2.75) is 90.3 Å². The van der Waals surface area contributed by atoms with Crippen LogP contribution in [0.5, 0.6) is 0 Å². The van der Waals surface area contributed by atoms with Gasteiger partial charge in [-0.25, -0.2) is 24.3 Å². The van der Waals surface area contributed by atoms with E-state index in [0.29, 0.717) is 45.8 Å². The Morgan fingerprint density at radius 2 is 1.69 bits per heavy atom. The van der Waals surface area contributed by atoms with Crippen LogP contribution in [0.2, 0.25) is 0 Å². The van der Waals surface area contributed by atoms with Crippen molar-refractivity contribution in [2.24, 2.45) is 0 Å². The maximum Gasteiger partial charge on any atom is 0.416 e. The number of carbonyl (C=O) groups excluding carboxylic acids is 3. The van der Waals surface area contributed by atoms with Crippen LogP contribution in [0, 0.1) is 3.57 Å². The third-order valence-electron chi connectivity index (χ3n) is 7.79. The molecule has 1 fully saturated rings. The van der Waals surface area contributed by atoms with Crippen molar-refractivity contribution in [3.05, 3.63) is 97.6 Å². The SMILES string of the molecule is CC(C)(C)OC(=O)NCC[C@@H]1CC(N(C(=O)OC(C)(C)C)c2nccs2)C[C@@H](c2ccc(-n3cc(I)c(NC(=O)c4ccccc4)nc3=O)cc2)O1. The van der Waals surface area contributed by atoms with Crippen LogP contribution in [-0.4, -0.2) is 62.5 Å². The summed E-state index contributed by atoms with van der Waals surface area (Å²) >= 11 is 3.38. The summed E-state index contributed by atoms with van der Waals surface area (Å²) < 4.78 is 19.8. The number of carbonyl (C=O) groups is 3. The molecule has 4 aromatic rings. The second-order valence-electron chi connectivity index (χ2n) is 14.3. The standard InChI is InChI=1S/C37H43IN6O7S/c1-36(2,3)50-34(47)40-17-16-27-20-26(44(33-39-18-19-52-33)35(48)51-37(4,5)6)21-29(49-27)23-12-14-25(15-13-23)43-22-28(38)30(42-32(43)46)41-31(45)24-10-8-7-9-11-24/h7-15,18-19,22,26-27,29H,16-17,20-21H2,1-6H3,(H,40,47)(H,41,42,45,46)/t26?,27-,29+/m1/s1. The maximum atomic E-state index is 13.7. The number of hydrogen-bond acceptors (Lipinski definition) is 10. The fourth-order valence-electron chi connectivity index (χ4n) is 5.60. The molecular weight excluding hydrogens is 799 g/mol. The van der Waals surface area contributed by atoms with Gasteiger partial charge in [-0.15, -0.1) is 11.3 Å². The third kappa shape index (κ3) is 10.6. The predicted molar refractivity (Wildman–Crippen MR) is 207 cm³/mol. The molecule has 1 saturated heterocycles. The number of aromatic nitrogens is 3. The number of thiazole rings is 1. The van der Waals surface area contributed by atoms with Crippen LogP contribution < -0.4 is 21.2 Å². The fourth-order valence-corrected chi connectivity index (χ4v) is 6.84. The average molecular weight is 843 g/mol. The summed E-state index contributed by atoms with van der Waals surface area (Å²) in [5.74, 6) is -0.187. The minimum atomic E-state index is -0.722. The second kappa shape index (κ2) is 16.5. The Bertz CT molecular complexity index is 1910. The van der Waals surface area contributed by atoms with E-state index in [4.69, 9.17) is 14.2 Å². The highest BCUT2D eigenvalue weighted by Gasteiger charge is 2.39. The lowest BCUT2D eigenvalue weighted by atomic mass is 9.92. The van der Waals surface area contributed by atoms with Crippen LogP contribution in [0.1, 0.15) is 82.8 Å². The van der Waals surface area contributed by atoms with Crippen molar-refractivity contribution < 1.29 is 28.6 Å². The zero-order valence-corrected chi connectivity index (χ0v) is 32.9. The van der Waals surface area contributed by atoms with Gasteiger partial charge < -0.3 is 24.8 Å². The number of alkyl carbamates (subject to hydrolysis) is 1. The highest BCUT2D eigenvalue weighted by molar-refractivity contribution is 14.1. The molecule has 0 spiro atoms. The summed E-state index contributed by atoms with van der Waals surface area (Å²) in [4.78, 5) is 62.0. The lowest BCUT2D eigenvalue weighted by Gasteiger charge is -2.40. The summed E-state index contributed by atoms with van der Waals surface area (Å²) in [5.41, 5.74) is -0.0444. The number of halogens is 1. The third-order valence-corrected chi connectivity index (χ3v) is 9.35. The molecule has 276 valence electrons. The second-order valence-corrected chi connectivity index (χ2v) is 16.3. The number of amides is 3. The molecule has 1 aliphatic heterocycles. The summed E-state index contributed by atoms with van der Waals surface area (Å²) in [6.07, 6.45) is 2.88. The number of anilines is 2. The molecule has 15 heteroatoms. The molecule has 1 aliphatic rings. The summed E-state index contributed by atoms with van der Waals surface area (Å²) in [6, 6.07) is 15.7. The van der Waals surface area contributed by atoms with Gasteiger partial charge in [-0.05, 0) is 113 Å². The Morgan fingerprint density at radius 3 is 2.33 bits per heavy atom. The molecule has 5 rings (SSSR count). The Hall–Kier alpha value is -4.35. The van der Waals surface area contributed by atoms with E-state index in [1.807, 2.05) is 66.9 Å². The molecule has 2 aromatic heterocycles. The van der Waals surface area contributed by atoms with E-state index in [9.17, 15) is 19.2 Å². The predicted octanol–water partition coefficient (Wildman–Crippen LogP) is 7.49. The summed E-state index contributed by atoms with van der Waals surface area (Å²) in [6.45, 7) is 11.2. The van der Waals surface area contributed by atoms with Crippen molar-refractivity contribution in [3.8, 4) is 5.69 Å². The van der Waals surface area contributed by atoms with Crippen LogP contribution in [0.3, 0.4) is 0 Å². The van der Waals surface area contributed by atoms with Gasteiger partial charge in [0.05, 0.1) is 21.5 Å². The number of nitrogens with zero attached hydrogens (tertiary/aromatic N) is 4. The van der Waals surface area contributed by atoms with E-state index in [1.165, 1.54) is 15.9 Å². The first-order valence-corrected chi connectivity index (χ1v) is 18.8. The van der Waals surface area contributed by atoms with Crippen LogP contribution in [0.15, 0.2) is 77.2 Å². The molecule has 13 nitrogen and oxygen atoms in total.